The van der Waals surface area contributed by atoms with E-state index in [-0.39, 0.29) is 5.60 Å². The van der Waals surface area contributed by atoms with E-state index in [9.17, 15) is 0 Å². The molecule has 0 unspecified atom stereocenters. The van der Waals surface area contributed by atoms with Crippen molar-refractivity contribution in [3.63, 3.8) is 0 Å². The van der Waals surface area contributed by atoms with Gasteiger partial charge in [-0.15, -0.1) is 0 Å². The highest BCUT2D eigenvalue weighted by Gasteiger charge is 2.16. The average Bonchev–Trinajstić information content (AvgIpc) is 2.05. The molecule has 0 aliphatic heterocycles. The van der Waals surface area contributed by atoms with Gasteiger partial charge in [-0.3, -0.25) is 0 Å². The lowest BCUT2D eigenvalue weighted by Crippen LogP contribution is -2.23. The molecule has 2 heteroatoms. The zero-order chi connectivity index (χ0) is 11.6. The quantitative estimate of drug-likeness (QED) is 0.714. The van der Waals surface area contributed by atoms with Crippen molar-refractivity contribution in [2.24, 2.45) is 0 Å². The van der Waals surface area contributed by atoms with Crippen LogP contribution >= 0.6 is 11.6 Å². The van der Waals surface area contributed by atoms with Crippen LogP contribution in [0.4, 0.5) is 0 Å². The Hall–Kier alpha value is -0.690. The predicted molar refractivity (Wildman–Crippen MR) is 65.9 cm³/mol. The Kier molecular flexibility index (Phi) is 3.67. The van der Waals surface area contributed by atoms with Gasteiger partial charge in [0, 0.05) is 0 Å². The van der Waals surface area contributed by atoms with Crippen LogP contribution in [0.25, 0.3) is 0 Å². The van der Waals surface area contributed by atoms with E-state index >= 15 is 0 Å². The Bertz CT molecular complexity index is 337. The summed E-state index contributed by atoms with van der Waals surface area (Å²) in [5, 5.41) is 0.738. The van der Waals surface area contributed by atoms with Crippen molar-refractivity contribution < 1.29 is 4.74 Å². The van der Waals surface area contributed by atoms with Crippen LogP contribution in [0.2, 0.25) is 5.02 Å². The van der Waals surface area contributed by atoms with Gasteiger partial charge in [-0.25, -0.2) is 0 Å². The van der Waals surface area contributed by atoms with Crippen LogP contribution < -0.4 is 4.74 Å². The summed E-state index contributed by atoms with van der Waals surface area (Å²) in [7, 11) is 0. The first-order chi connectivity index (χ1) is 6.81. The number of rotatable bonds is 2. The van der Waals surface area contributed by atoms with E-state index in [0.29, 0.717) is 5.92 Å². The van der Waals surface area contributed by atoms with Crippen molar-refractivity contribution >= 4 is 11.6 Å². The van der Waals surface area contributed by atoms with E-state index in [2.05, 4.69) is 13.8 Å². The molecule has 0 amide bonds. The Balaban J connectivity index is 3.05. The highest BCUT2D eigenvalue weighted by molar-refractivity contribution is 6.32. The van der Waals surface area contributed by atoms with Gasteiger partial charge >= 0.3 is 0 Å². The van der Waals surface area contributed by atoms with Gasteiger partial charge in [0.05, 0.1) is 5.02 Å². The fourth-order valence-corrected chi connectivity index (χ4v) is 1.77. The lowest BCUT2D eigenvalue weighted by atomic mass is 10.0. The average molecular weight is 227 g/mol. The Morgan fingerprint density at radius 2 is 1.80 bits per heavy atom. The van der Waals surface area contributed by atoms with Gasteiger partial charge in [0.15, 0.2) is 0 Å². The molecule has 15 heavy (non-hydrogen) atoms. The molecule has 1 aromatic rings. The molecule has 0 fully saturated rings. The Morgan fingerprint density at radius 3 is 2.27 bits per heavy atom. The minimum atomic E-state index is -0.209. The first-order valence-corrected chi connectivity index (χ1v) is 5.66. The Labute approximate surface area is 97.4 Å². The minimum Gasteiger partial charge on any atom is -0.487 e. The van der Waals surface area contributed by atoms with Gasteiger partial charge in [0.2, 0.25) is 0 Å². The van der Waals surface area contributed by atoms with E-state index in [1.807, 2.05) is 39.0 Å². The van der Waals surface area contributed by atoms with Gasteiger partial charge in [0.25, 0.3) is 0 Å². The fourth-order valence-electron chi connectivity index (χ4n) is 1.38. The van der Waals surface area contributed by atoms with Crippen molar-refractivity contribution in [1.82, 2.24) is 0 Å². The molecule has 0 saturated heterocycles. The van der Waals surface area contributed by atoms with Crippen molar-refractivity contribution in [1.29, 1.82) is 0 Å². The smallest absolute Gasteiger partial charge is 0.138 e. The molecular weight excluding hydrogens is 208 g/mol. The summed E-state index contributed by atoms with van der Waals surface area (Å²) in [5.74, 6) is 1.19. The van der Waals surface area contributed by atoms with E-state index in [1.165, 1.54) is 0 Å². The predicted octanol–water partition coefficient (Wildman–Crippen LogP) is 4.64. The Morgan fingerprint density at radius 1 is 1.20 bits per heavy atom. The molecule has 1 nitrogen and oxygen atoms in total. The molecule has 0 N–H and O–H groups in total. The molecule has 0 aliphatic rings. The largest absolute Gasteiger partial charge is 0.487 e. The van der Waals surface area contributed by atoms with E-state index < -0.39 is 0 Å². The summed E-state index contributed by atoms with van der Waals surface area (Å²) >= 11 is 6.28. The molecule has 1 rings (SSSR count). The molecule has 0 radical (unpaired) electrons. The van der Waals surface area contributed by atoms with E-state index in [1.54, 1.807) is 0 Å². The molecule has 0 heterocycles. The summed E-state index contributed by atoms with van der Waals surface area (Å²) in [6.07, 6.45) is 0. The van der Waals surface area contributed by atoms with Crippen LogP contribution in [0, 0.1) is 0 Å². The first kappa shape index (κ1) is 12.4. The minimum absolute atomic E-state index is 0.209. The summed E-state index contributed by atoms with van der Waals surface area (Å²) in [6.45, 7) is 10.3. The molecule has 0 aromatic heterocycles. The fraction of sp³-hybridized carbons (Fsp3) is 0.538. The third kappa shape index (κ3) is 3.42. The second kappa shape index (κ2) is 4.44. The number of hydrogen-bond donors (Lipinski definition) is 0. The summed E-state index contributed by atoms with van der Waals surface area (Å²) in [5.41, 5.74) is 0.928. The van der Waals surface area contributed by atoms with Crippen molar-refractivity contribution in [2.75, 3.05) is 0 Å². The molecule has 1 aromatic carbocycles. The molecule has 0 atom stereocenters. The molecule has 84 valence electrons. The molecular formula is C13H19ClO. The van der Waals surface area contributed by atoms with E-state index in [0.717, 1.165) is 16.3 Å². The standard InChI is InChI=1S/C13H19ClO/c1-9(2)10-7-6-8-11(12(10)14)15-13(3,4)5/h6-9H,1-5H3. The van der Waals surface area contributed by atoms with Gasteiger partial charge in [-0.05, 0) is 38.3 Å². The van der Waals surface area contributed by atoms with Crippen LogP contribution in [-0.4, -0.2) is 5.60 Å². The zero-order valence-electron chi connectivity index (χ0n) is 10.1. The zero-order valence-corrected chi connectivity index (χ0v) is 10.9. The number of halogens is 1. The summed E-state index contributed by atoms with van der Waals surface area (Å²) in [6, 6.07) is 5.95. The van der Waals surface area contributed by atoms with Crippen LogP contribution in [0.15, 0.2) is 18.2 Å². The van der Waals surface area contributed by atoms with Crippen LogP contribution in [0.5, 0.6) is 5.75 Å². The van der Waals surface area contributed by atoms with Crippen molar-refractivity contribution in [3.05, 3.63) is 28.8 Å². The number of ether oxygens (including phenoxy) is 1. The SMILES string of the molecule is CC(C)c1cccc(OC(C)(C)C)c1Cl. The summed E-state index contributed by atoms with van der Waals surface area (Å²) < 4.78 is 5.79. The molecule has 0 bridgehead atoms. The third-order valence-electron chi connectivity index (χ3n) is 2.03. The van der Waals surface area contributed by atoms with Gasteiger partial charge in [-0.2, -0.15) is 0 Å². The third-order valence-corrected chi connectivity index (χ3v) is 2.44. The van der Waals surface area contributed by atoms with Gasteiger partial charge in [0.1, 0.15) is 11.4 Å². The topological polar surface area (TPSA) is 9.23 Å². The maximum Gasteiger partial charge on any atom is 0.138 e. The van der Waals surface area contributed by atoms with E-state index in [4.69, 9.17) is 16.3 Å². The van der Waals surface area contributed by atoms with Gasteiger partial charge in [-0.1, -0.05) is 37.6 Å². The molecule has 0 saturated carbocycles. The number of benzene rings is 1. The highest BCUT2D eigenvalue weighted by Crippen LogP contribution is 2.34. The second-order valence-electron chi connectivity index (χ2n) is 5.03. The van der Waals surface area contributed by atoms with Crippen molar-refractivity contribution in [3.8, 4) is 5.75 Å². The highest BCUT2D eigenvalue weighted by atomic mass is 35.5. The van der Waals surface area contributed by atoms with Crippen LogP contribution in [0.1, 0.15) is 46.1 Å². The monoisotopic (exact) mass is 226 g/mol. The van der Waals surface area contributed by atoms with Gasteiger partial charge < -0.3 is 4.74 Å². The van der Waals surface area contributed by atoms with Crippen LogP contribution in [0.3, 0.4) is 0 Å². The lowest BCUT2D eigenvalue weighted by Gasteiger charge is -2.23. The lowest BCUT2D eigenvalue weighted by molar-refractivity contribution is 0.131. The maximum absolute atomic E-state index is 6.28. The summed E-state index contributed by atoms with van der Waals surface area (Å²) in [4.78, 5) is 0. The normalized spacial score (nSPS) is 11.9. The first-order valence-electron chi connectivity index (χ1n) is 5.28. The molecule has 0 aliphatic carbocycles. The molecule has 0 spiro atoms. The number of hydrogen-bond acceptors (Lipinski definition) is 1. The van der Waals surface area contributed by atoms with Crippen molar-refractivity contribution in [2.45, 2.75) is 46.1 Å². The van der Waals surface area contributed by atoms with Crippen LogP contribution in [-0.2, 0) is 0 Å². The maximum atomic E-state index is 6.28. The second-order valence-corrected chi connectivity index (χ2v) is 5.41.